The first kappa shape index (κ1) is 11.0. The number of rotatable bonds is 6. The fraction of sp³-hybridized carbons (Fsp3) is 1.00. The zero-order chi connectivity index (χ0) is 9.52. The number of hydrogen-bond acceptors (Lipinski definition) is 3. The van der Waals surface area contributed by atoms with Crippen LogP contribution in [0.4, 0.5) is 0 Å². The zero-order valence-corrected chi connectivity index (χ0v) is 8.63. The molecule has 0 saturated carbocycles. The highest BCUT2D eigenvalue weighted by atomic mass is 16.3. The number of aliphatic hydroxyl groups excluding tert-OH is 1. The number of hydrogen-bond donors (Lipinski definition) is 2. The molecule has 1 aliphatic heterocycles. The standard InChI is InChI=1S/C10H22N2O/c1-2-10(13)9-11-5-8-12-6-3-4-7-12/h10-11,13H,2-9H2,1H3. The van der Waals surface area contributed by atoms with Crippen LogP contribution in [0, 0.1) is 0 Å². The maximum atomic E-state index is 9.27. The summed E-state index contributed by atoms with van der Waals surface area (Å²) in [5.41, 5.74) is 0. The van der Waals surface area contributed by atoms with E-state index >= 15 is 0 Å². The fourth-order valence-corrected chi connectivity index (χ4v) is 1.66. The molecule has 0 aromatic heterocycles. The van der Waals surface area contributed by atoms with Crippen molar-refractivity contribution in [1.82, 2.24) is 10.2 Å². The predicted octanol–water partition coefficient (Wildman–Crippen LogP) is 0.443. The fourth-order valence-electron chi connectivity index (χ4n) is 1.66. The second kappa shape index (κ2) is 6.35. The molecule has 0 spiro atoms. The van der Waals surface area contributed by atoms with E-state index in [9.17, 15) is 5.11 Å². The minimum atomic E-state index is -0.168. The Morgan fingerprint density at radius 1 is 1.38 bits per heavy atom. The molecule has 1 unspecified atom stereocenters. The van der Waals surface area contributed by atoms with Crippen LogP contribution in [-0.2, 0) is 0 Å². The molecular formula is C10H22N2O. The second-order valence-corrected chi connectivity index (χ2v) is 3.81. The van der Waals surface area contributed by atoms with Gasteiger partial charge in [-0.15, -0.1) is 0 Å². The maximum Gasteiger partial charge on any atom is 0.0662 e. The van der Waals surface area contributed by atoms with Crippen LogP contribution in [0.3, 0.4) is 0 Å². The van der Waals surface area contributed by atoms with Crippen LogP contribution in [0.25, 0.3) is 0 Å². The normalized spacial score (nSPS) is 20.8. The van der Waals surface area contributed by atoms with Crippen molar-refractivity contribution in [3.8, 4) is 0 Å². The van der Waals surface area contributed by atoms with Crippen molar-refractivity contribution in [1.29, 1.82) is 0 Å². The van der Waals surface area contributed by atoms with Gasteiger partial charge in [0.25, 0.3) is 0 Å². The number of nitrogens with one attached hydrogen (secondary N) is 1. The molecule has 1 fully saturated rings. The predicted molar refractivity (Wildman–Crippen MR) is 54.8 cm³/mol. The molecule has 1 atom stereocenters. The summed E-state index contributed by atoms with van der Waals surface area (Å²) in [4.78, 5) is 2.48. The molecule has 3 nitrogen and oxygen atoms in total. The summed E-state index contributed by atoms with van der Waals surface area (Å²) in [7, 11) is 0. The lowest BCUT2D eigenvalue weighted by molar-refractivity contribution is 0.166. The van der Waals surface area contributed by atoms with Crippen molar-refractivity contribution >= 4 is 0 Å². The minimum Gasteiger partial charge on any atom is -0.392 e. The largest absolute Gasteiger partial charge is 0.392 e. The van der Waals surface area contributed by atoms with Gasteiger partial charge in [0.05, 0.1) is 6.10 Å². The van der Waals surface area contributed by atoms with Crippen LogP contribution >= 0.6 is 0 Å². The van der Waals surface area contributed by atoms with E-state index in [4.69, 9.17) is 0 Å². The Morgan fingerprint density at radius 2 is 2.08 bits per heavy atom. The maximum absolute atomic E-state index is 9.27. The Morgan fingerprint density at radius 3 is 2.69 bits per heavy atom. The number of likely N-dealkylation sites (tertiary alicyclic amines) is 1. The molecule has 1 aliphatic rings. The van der Waals surface area contributed by atoms with Gasteiger partial charge in [-0.3, -0.25) is 0 Å². The molecule has 0 aromatic rings. The summed E-state index contributed by atoms with van der Waals surface area (Å²) in [6.45, 7) is 7.42. The third kappa shape index (κ3) is 4.60. The highest BCUT2D eigenvalue weighted by Crippen LogP contribution is 2.05. The lowest BCUT2D eigenvalue weighted by atomic mass is 10.3. The molecule has 13 heavy (non-hydrogen) atoms. The highest BCUT2D eigenvalue weighted by molar-refractivity contribution is 4.67. The summed E-state index contributed by atoms with van der Waals surface area (Å²) in [5, 5.41) is 12.5. The molecule has 3 heteroatoms. The van der Waals surface area contributed by atoms with E-state index in [0.29, 0.717) is 0 Å². The van der Waals surface area contributed by atoms with E-state index in [-0.39, 0.29) is 6.10 Å². The van der Waals surface area contributed by atoms with Crippen LogP contribution in [0.5, 0.6) is 0 Å². The van der Waals surface area contributed by atoms with Crippen LogP contribution in [0.2, 0.25) is 0 Å². The van der Waals surface area contributed by atoms with Gasteiger partial charge in [0.2, 0.25) is 0 Å². The van der Waals surface area contributed by atoms with E-state index in [1.807, 2.05) is 6.92 Å². The van der Waals surface area contributed by atoms with E-state index < -0.39 is 0 Å². The van der Waals surface area contributed by atoms with Crippen molar-refractivity contribution in [3.63, 3.8) is 0 Å². The molecule has 78 valence electrons. The summed E-state index contributed by atoms with van der Waals surface area (Å²) in [6.07, 6.45) is 3.39. The van der Waals surface area contributed by atoms with Crippen molar-refractivity contribution in [3.05, 3.63) is 0 Å². The summed E-state index contributed by atoms with van der Waals surface area (Å²) >= 11 is 0. The van der Waals surface area contributed by atoms with Crippen molar-refractivity contribution in [2.24, 2.45) is 0 Å². The average molecular weight is 186 g/mol. The van der Waals surface area contributed by atoms with Gasteiger partial charge in [0.15, 0.2) is 0 Å². The van der Waals surface area contributed by atoms with E-state index in [0.717, 1.165) is 26.1 Å². The summed E-state index contributed by atoms with van der Waals surface area (Å²) in [5.74, 6) is 0. The Labute approximate surface area is 81.1 Å². The first-order chi connectivity index (χ1) is 6.33. The summed E-state index contributed by atoms with van der Waals surface area (Å²) < 4.78 is 0. The van der Waals surface area contributed by atoms with E-state index in [1.54, 1.807) is 0 Å². The van der Waals surface area contributed by atoms with Crippen LogP contribution in [0.1, 0.15) is 26.2 Å². The molecule has 1 saturated heterocycles. The van der Waals surface area contributed by atoms with Gasteiger partial charge < -0.3 is 15.3 Å². The van der Waals surface area contributed by atoms with Gasteiger partial charge in [0, 0.05) is 19.6 Å². The molecule has 0 aromatic carbocycles. The molecule has 0 amide bonds. The Kier molecular flexibility index (Phi) is 5.35. The Bertz CT molecular complexity index is 124. The topological polar surface area (TPSA) is 35.5 Å². The van der Waals surface area contributed by atoms with Gasteiger partial charge in [-0.1, -0.05) is 6.92 Å². The molecule has 0 aliphatic carbocycles. The Balaban J connectivity index is 1.88. The molecule has 0 radical (unpaired) electrons. The third-order valence-corrected chi connectivity index (χ3v) is 2.65. The Hall–Kier alpha value is -0.120. The van der Waals surface area contributed by atoms with Crippen LogP contribution < -0.4 is 5.32 Å². The lowest BCUT2D eigenvalue weighted by Gasteiger charge is -2.15. The van der Waals surface area contributed by atoms with Crippen molar-refractivity contribution in [2.75, 3.05) is 32.7 Å². The van der Waals surface area contributed by atoms with Crippen LogP contribution in [0.15, 0.2) is 0 Å². The van der Waals surface area contributed by atoms with E-state index in [2.05, 4.69) is 10.2 Å². The van der Waals surface area contributed by atoms with Gasteiger partial charge in [-0.25, -0.2) is 0 Å². The minimum absolute atomic E-state index is 0.168. The SMILES string of the molecule is CCC(O)CNCCN1CCCC1. The van der Waals surface area contributed by atoms with E-state index in [1.165, 1.54) is 25.9 Å². The van der Waals surface area contributed by atoms with Gasteiger partial charge in [0.1, 0.15) is 0 Å². The van der Waals surface area contributed by atoms with Crippen molar-refractivity contribution in [2.45, 2.75) is 32.3 Å². The van der Waals surface area contributed by atoms with Gasteiger partial charge >= 0.3 is 0 Å². The average Bonchev–Trinajstić information content (AvgIpc) is 2.64. The molecule has 2 N–H and O–H groups in total. The van der Waals surface area contributed by atoms with Crippen LogP contribution in [-0.4, -0.2) is 48.8 Å². The summed E-state index contributed by atoms with van der Waals surface area (Å²) in [6, 6.07) is 0. The van der Waals surface area contributed by atoms with Gasteiger partial charge in [-0.05, 0) is 32.4 Å². The first-order valence-corrected chi connectivity index (χ1v) is 5.44. The lowest BCUT2D eigenvalue weighted by Crippen LogP contribution is -2.34. The first-order valence-electron chi connectivity index (χ1n) is 5.44. The smallest absolute Gasteiger partial charge is 0.0662 e. The third-order valence-electron chi connectivity index (χ3n) is 2.65. The quantitative estimate of drug-likeness (QED) is 0.591. The monoisotopic (exact) mass is 186 g/mol. The zero-order valence-electron chi connectivity index (χ0n) is 8.63. The van der Waals surface area contributed by atoms with Gasteiger partial charge in [-0.2, -0.15) is 0 Å². The number of aliphatic hydroxyl groups is 1. The molecule has 0 bridgehead atoms. The highest BCUT2D eigenvalue weighted by Gasteiger charge is 2.10. The van der Waals surface area contributed by atoms with Crippen molar-refractivity contribution < 1.29 is 5.11 Å². The molecule has 1 heterocycles. The number of nitrogens with zero attached hydrogens (tertiary/aromatic N) is 1. The molecular weight excluding hydrogens is 164 g/mol. The molecule has 1 rings (SSSR count). The second-order valence-electron chi connectivity index (χ2n) is 3.81.